The summed E-state index contributed by atoms with van der Waals surface area (Å²) < 4.78 is 14.6. The standard InChI is InChI=1S/C19H17FN6O3S/c1-12(13-6-8-15(20)9-7-13)21-22-17(27)11-30-19-24-23-18(25(19)2)14-4-3-5-16(10-14)26(28)29/h3-10H,11H2,1-2H3,(H,22,27)/b21-12-. The van der Waals surface area contributed by atoms with E-state index in [0.29, 0.717) is 27.8 Å². The minimum atomic E-state index is -0.478. The van der Waals surface area contributed by atoms with Crippen LogP contribution in [0, 0.1) is 15.9 Å². The summed E-state index contributed by atoms with van der Waals surface area (Å²) in [6, 6.07) is 11.9. The normalized spacial score (nSPS) is 11.4. The van der Waals surface area contributed by atoms with E-state index in [0.717, 1.165) is 11.8 Å². The Bertz CT molecular complexity index is 1110. The summed E-state index contributed by atoms with van der Waals surface area (Å²) in [4.78, 5) is 22.6. The van der Waals surface area contributed by atoms with Crippen LogP contribution in [0.3, 0.4) is 0 Å². The Balaban J connectivity index is 1.62. The molecule has 0 radical (unpaired) electrons. The molecule has 0 spiro atoms. The predicted octanol–water partition coefficient (Wildman–Crippen LogP) is 3.16. The third-order valence-corrected chi connectivity index (χ3v) is 5.11. The number of amides is 1. The van der Waals surface area contributed by atoms with Gasteiger partial charge in [-0.25, -0.2) is 9.82 Å². The molecule has 1 N–H and O–H groups in total. The van der Waals surface area contributed by atoms with Crippen LogP contribution in [0.2, 0.25) is 0 Å². The molecule has 154 valence electrons. The van der Waals surface area contributed by atoms with E-state index in [1.165, 1.54) is 24.3 Å². The van der Waals surface area contributed by atoms with Crippen LogP contribution in [0.15, 0.2) is 58.8 Å². The van der Waals surface area contributed by atoms with Gasteiger partial charge in [0.05, 0.1) is 16.4 Å². The molecule has 0 fully saturated rings. The van der Waals surface area contributed by atoms with Gasteiger partial charge in [-0.3, -0.25) is 14.9 Å². The minimum Gasteiger partial charge on any atom is -0.305 e. The number of nitro benzene ring substituents is 1. The summed E-state index contributed by atoms with van der Waals surface area (Å²) >= 11 is 1.16. The molecule has 0 aliphatic rings. The van der Waals surface area contributed by atoms with Crippen LogP contribution in [-0.2, 0) is 11.8 Å². The van der Waals surface area contributed by atoms with Gasteiger partial charge in [0.1, 0.15) is 5.82 Å². The molecular formula is C19H17FN6O3S. The molecule has 3 rings (SSSR count). The van der Waals surface area contributed by atoms with E-state index in [-0.39, 0.29) is 23.2 Å². The number of carbonyl (C=O) groups is 1. The van der Waals surface area contributed by atoms with Gasteiger partial charge in [0.2, 0.25) is 0 Å². The first kappa shape index (κ1) is 21.1. The summed E-state index contributed by atoms with van der Waals surface area (Å²) in [5, 5.41) is 23.6. The monoisotopic (exact) mass is 428 g/mol. The minimum absolute atomic E-state index is 0.0428. The molecule has 0 saturated carbocycles. The molecule has 0 aliphatic heterocycles. The number of nitro groups is 1. The van der Waals surface area contributed by atoms with E-state index in [9.17, 15) is 19.3 Å². The first-order valence-corrected chi connectivity index (χ1v) is 9.70. The van der Waals surface area contributed by atoms with Crippen LogP contribution in [0.5, 0.6) is 0 Å². The van der Waals surface area contributed by atoms with Crippen molar-refractivity contribution in [3.63, 3.8) is 0 Å². The van der Waals surface area contributed by atoms with Crippen LogP contribution in [-0.4, -0.2) is 37.1 Å². The lowest BCUT2D eigenvalue weighted by Crippen LogP contribution is -2.21. The van der Waals surface area contributed by atoms with Crippen LogP contribution in [0.1, 0.15) is 12.5 Å². The van der Waals surface area contributed by atoms with E-state index >= 15 is 0 Å². The molecule has 0 saturated heterocycles. The van der Waals surface area contributed by atoms with Gasteiger partial charge in [-0.2, -0.15) is 5.10 Å². The van der Waals surface area contributed by atoms with Crippen molar-refractivity contribution in [2.24, 2.45) is 12.1 Å². The van der Waals surface area contributed by atoms with Gasteiger partial charge in [0.15, 0.2) is 11.0 Å². The Morgan fingerprint density at radius 3 is 2.70 bits per heavy atom. The first-order chi connectivity index (χ1) is 14.3. The largest absolute Gasteiger partial charge is 0.305 e. The number of benzene rings is 2. The maximum Gasteiger partial charge on any atom is 0.270 e. The Kier molecular flexibility index (Phi) is 6.52. The van der Waals surface area contributed by atoms with E-state index in [2.05, 4.69) is 20.7 Å². The van der Waals surface area contributed by atoms with Crippen molar-refractivity contribution in [2.75, 3.05) is 5.75 Å². The summed E-state index contributed by atoms with van der Waals surface area (Å²) in [6.07, 6.45) is 0. The third kappa shape index (κ3) is 5.06. The molecule has 0 aliphatic carbocycles. The maximum atomic E-state index is 13.0. The summed E-state index contributed by atoms with van der Waals surface area (Å²) in [7, 11) is 1.71. The van der Waals surface area contributed by atoms with Gasteiger partial charge in [0, 0.05) is 24.7 Å². The number of hydrogen-bond acceptors (Lipinski definition) is 7. The van der Waals surface area contributed by atoms with E-state index < -0.39 is 4.92 Å². The second-order valence-corrected chi connectivity index (χ2v) is 7.14. The fraction of sp³-hybridized carbons (Fsp3) is 0.158. The second-order valence-electron chi connectivity index (χ2n) is 6.20. The second kappa shape index (κ2) is 9.27. The average molecular weight is 428 g/mol. The number of hydrazone groups is 1. The number of non-ortho nitro benzene ring substituents is 1. The van der Waals surface area contributed by atoms with Crippen molar-refractivity contribution in [3.8, 4) is 11.4 Å². The Hall–Kier alpha value is -3.60. The van der Waals surface area contributed by atoms with Crippen LogP contribution in [0.25, 0.3) is 11.4 Å². The number of carbonyl (C=O) groups excluding carboxylic acids is 1. The van der Waals surface area contributed by atoms with Crippen molar-refractivity contribution in [1.29, 1.82) is 0 Å². The molecule has 0 atom stereocenters. The number of rotatable bonds is 7. The van der Waals surface area contributed by atoms with Crippen molar-refractivity contribution < 1.29 is 14.1 Å². The van der Waals surface area contributed by atoms with Gasteiger partial charge in [0.25, 0.3) is 11.6 Å². The lowest BCUT2D eigenvalue weighted by molar-refractivity contribution is -0.384. The Labute approximate surface area is 175 Å². The van der Waals surface area contributed by atoms with Gasteiger partial charge in [-0.15, -0.1) is 10.2 Å². The van der Waals surface area contributed by atoms with Crippen LogP contribution >= 0.6 is 11.8 Å². The number of halogens is 1. The lowest BCUT2D eigenvalue weighted by Gasteiger charge is -2.04. The van der Waals surface area contributed by atoms with Crippen molar-refractivity contribution in [2.45, 2.75) is 12.1 Å². The number of thioether (sulfide) groups is 1. The van der Waals surface area contributed by atoms with Gasteiger partial charge < -0.3 is 4.57 Å². The summed E-state index contributed by atoms with van der Waals surface area (Å²) in [6.45, 7) is 1.70. The lowest BCUT2D eigenvalue weighted by atomic mass is 10.1. The van der Waals surface area contributed by atoms with E-state index in [4.69, 9.17) is 0 Å². The zero-order chi connectivity index (χ0) is 21.7. The number of nitrogens with zero attached hydrogens (tertiary/aromatic N) is 5. The van der Waals surface area contributed by atoms with Crippen molar-refractivity contribution in [1.82, 2.24) is 20.2 Å². The summed E-state index contributed by atoms with van der Waals surface area (Å²) in [5.74, 6) is -0.200. The number of hydrogen-bond donors (Lipinski definition) is 1. The van der Waals surface area contributed by atoms with Crippen LogP contribution < -0.4 is 5.43 Å². The molecule has 1 aromatic heterocycles. The molecule has 3 aromatic rings. The number of nitrogens with one attached hydrogen (secondary N) is 1. The SMILES string of the molecule is C/C(=N/NC(=O)CSc1nnc(-c2cccc([N+](=O)[O-])c2)n1C)c1ccc(F)cc1. The Morgan fingerprint density at radius 2 is 2.00 bits per heavy atom. The van der Waals surface area contributed by atoms with Crippen LogP contribution in [0.4, 0.5) is 10.1 Å². The summed E-state index contributed by atoms with van der Waals surface area (Å²) in [5.41, 5.74) is 4.19. The molecule has 11 heteroatoms. The Morgan fingerprint density at radius 1 is 1.27 bits per heavy atom. The molecular weight excluding hydrogens is 411 g/mol. The molecule has 9 nitrogen and oxygen atoms in total. The van der Waals surface area contributed by atoms with Gasteiger partial charge >= 0.3 is 0 Å². The maximum absolute atomic E-state index is 13.0. The first-order valence-electron chi connectivity index (χ1n) is 8.71. The highest BCUT2D eigenvalue weighted by Gasteiger charge is 2.15. The molecule has 1 heterocycles. The van der Waals surface area contributed by atoms with Crippen molar-refractivity contribution in [3.05, 3.63) is 70.0 Å². The average Bonchev–Trinajstić information content (AvgIpc) is 3.11. The quantitative estimate of drug-likeness (QED) is 0.267. The molecule has 2 aromatic carbocycles. The van der Waals surface area contributed by atoms with E-state index in [1.807, 2.05) is 0 Å². The zero-order valence-corrected chi connectivity index (χ0v) is 16.9. The molecule has 0 bridgehead atoms. The topological polar surface area (TPSA) is 115 Å². The van der Waals surface area contributed by atoms with Crippen molar-refractivity contribution >= 4 is 29.1 Å². The fourth-order valence-electron chi connectivity index (χ4n) is 2.51. The highest BCUT2D eigenvalue weighted by molar-refractivity contribution is 7.99. The van der Waals surface area contributed by atoms with E-state index in [1.54, 1.807) is 42.8 Å². The molecule has 0 unspecified atom stereocenters. The molecule has 1 amide bonds. The van der Waals surface area contributed by atoms with Gasteiger partial charge in [-0.1, -0.05) is 36.0 Å². The predicted molar refractivity (Wildman–Crippen MR) is 111 cm³/mol. The third-order valence-electron chi connectivity index (χ3n) is 4.09. The van der Waals surface area contributed by atoms with Gasteiger partial charge in [-0.05, 0) is 24.6 Å². The number of aromatic nitrogens is 3. The highest BCUT2D eigenvalue weighted by Crippen LogP contribution is 2.25. The fourth-order valence-corrected chi connectivity index (χ4v) is 3.22. The highest BCUT2D eigenvalue weighted by atomic mass is 32.2. The zero-order valence-electron chi connectivity index (χ0n) is 16.1. The smallest absolute Gasteiger partial charge is 0.270 e. The molecule has 30 heavy (non-hydrogen) atoms.